The van der Waals surface area contributed by atoms with Crippen LogP contribution in [0.15, 0.2) is 25.0 Å². The lowest BCUT2D eigenvalue weighted by Gasteiger charge is -2.34. The lowest BCUT2D eigenvalue weighted by atomic mass is 10.0. The van der Waals surface area contributed by atoms with Gasteiger partial charge in [-0.15, -0.1) is 0 Å². The Morgan fingerprint density at radius 2 is 2.35 bits per heavy atom. The Morgan fingerprint density at radius 1 is 1.43 bits per heavy atom. The maximum Gasteiger partial charge on any atom is 0.222 e. The molecule has 1 amide bonds. The van der Waals surface area contributed by atoms with Crippen LogP contribution < -0.4 is 0 Å². The van der Waals surface area contributed by atoms with E-state index in [4.69, 9.17) is 0 Å². The second-order valence-electron chi connectivity index (χ2n) is 6.00. The summed E-state index contributed by atoms with van der Waals surface area (Å²) in [5.74, 6) is 1.35. The number of carbonyl (C=O) groups excluding carboxylic acids is 1. The number of hydrogen-bond donors (Lipinski definition) is 0. The fourth-order valence-corrected chi connectivity index (χ4v) is 3.26. The van der Waals surface area contributed by atoms with Gasteiger partial charge in [0.05, 0.1) is 6.04 Å². The van der Waals surface area contributed by atoms with Crippen molar-refractivity contribution in [2.24, 2.45) is 0 Å². The van der Waals surface area contributed by atoms with Gasteiger partial charge in [0.15, 0.2) is 0 Å². The van der Waals surface area contributed by atoms with E-state index < -0.39 is 0 Å². The molecule has 3 rings (SSSR count). The summed E-state index contributed by atoms with van der Waals surface area (Å²) in [6, 6.07) is 0.362. The molecule has 7 heteroatoms. The third-order valence-electron chi connectivity index (χ3n) is 4.45. The summed E-state index contributed by atoms with van der Waals surface area (Å²) in [5.41, 5.74) is 0. The molecule has 7 nitrogen and oxygen atoms in total. The topological polar surface area (TPSA) is 68.8 Å². The number of rotatable bonds is 6. The summed E-state index contributed by atoms with van der Waals surface area (Å²) in [5, 5.41) is 4.06. The monoisotopic (exact) mass is 316 g/mol. The lowest BCUT2D eigenvalue weighted by molar-refractivity contribution is -0.133. The van der Waals surface area contributed by atoms with Crippen LogP contribution >= 0.6 is 0 Å². The first kappa shape index (κ1) is 15.7. The molecule has 0 radical (unpaired) electrons. The van der Waals surface area contributed by atoms with E-state index in [1.165, 1.54) is 6.33 Å². The average molecular weight is 316 g/mol. The van der Waals surface area contributed by atoms with Crippen LogP contribution in [-0.2, 0) is 17.8 Å². The number of nitrogens with zero attached hydrogens (tertiary/aromatic N) is 6. The van der Waals surface area contributed by atoms with Gasteiger partial charge in [-0.2, -0.15) is 5.10 Å². The summed E-state index contributed by atoms with van der Waals surface area (Å²) in [7, 11) is 0. The van der Waals surface area contributed by atoms with Crippen molar-refractivity contribution < 1.29 is 4.79 Å². The van der Waals surface area contributed by atoms with Gasteiger partial charge in [-0.3, -0.25) is 9.48 Å². The van der Waals surface area contributed by atoms with E-state index in [0.29, 0.717) is 12.5 Å². The predicted octanol–water partition coefficient (Wildman–Crippen LogP) is 1.68. The predicted molar refractivity (Wildman–Crippen MR) is 85.7 cm³/mol. The largest absolute Gasteiger partial charge is 0.341 e. The zero-order valence-corrected chi connectivity index (χ0v) is 13.6. The number of aromatic nitrogens is 5. The van der Waals surface area contributed by atoms with Crippen molar-refractivity contribution in [3.8, 4) is 0 Å². The highest BCUT2D eigenvalue weighted by Gasteiger charge is 2.25. The van der Waals surface area contributed by atoms with Crippen molar-refractivity contribution in [3.05, 3.63) is 30.9 Å². The van der Waals surface area contributed by atoms with Gasteiger partial charge in [-0.25, -0.2) is 9.97 Å². The Hall–Kier alpha value is -2.18. The number of piperidine rings is 1. The first-order valence-electron chi connectivity index (χ1n) is 8.40. The highest BCUT2D eigenvalue weighted by atomic mass is 16.2. The molecule has 0 aliphatic carbocycles. The summed E-state index contributed by atoms with van der Waals surface area (Å²) in [6.07, 6.45) is 11.6. The second-order valence-corrected chi connectivity index (χ2v) is 6.00. The molecule has 3 heterocycles. The molecular weight excluding hydrogens is 292 g/mol. The molecule has 2 aromatic rings. The zero-order chi connectivity index (χ0) is 16.1. The molecule has 0 unspecified atom stereocenters. The van der Waals surface area contributed by atoms with Crippen LogP contribution in [0.25, 0.3) is 0 Å². The van der Waals surface area contributed by atoms with Crippen molar-refractivity contribution in [3.63, 3.8) is 0 Å². The smallest absolute Gasteiger partial charge is 0.222 e. The molecule has 1 saturated heterocycles. The van der Waals surface area contributed by atoms with E-state index in [9.17, 15) is 4.79 Å². The van der Waals surface area contributed by atoms with Gasteiger partial charge in [0, 0.05) is 44.9 Å². The Bertz CT molecular complexity index is 620. The Kier molecular flexibility index (Phi) is 5.05. The number of likely N-dealkylation sites (tertiary alicyclic amines) is 1. The van der Waals surface area contributed by atoms with Gasteiger partial charge in [0.25, 0.3) is 0 Å². The molecule has 0 aromatic carbocycles. The molecule has 1 fully saturated rings. The molecule has 0 saturated carbocycles. The first-order chi connectivity index (χ1) is 11.3. The molecule has 2 aromatic heterocycles. The summed E-state index contributed by atoms with van der Waals surface area (Å²) >= 11 is 0. The van der Waals surface area contributed by atoms with E-state index in [-0.39, 0.29) is 5.91 Å². The van der Waals surface area contributed by atoms with Gasteiger partial charge < -0.3 is 9.47 Å². The van der Waals surface area contributed by atoms with E-state index in [1.807, 2.05) is 17.3 Å². The van der Waals surface area contributed by atoms with E-state index in [2.05, 4.69) is 26.6 Å². The summed E-state index contributed by atoms with van der Waals surface area (Å²) in [6.45, 7) is 4.53. The van der Waals surface area contributed by atoms with Crippen LogP contribution in [0.4, 0.5) is 0 Å². The van der Waals surface area contributed by atoms with Crippen LogP contribution in [0.2, 0.25) is 0 Å². The standard InChI is InChI=1S/C16H24N6O/c1-2-15-18-7-10-22(15)14-5-3-8-20(11-14)16(23)6-4-9-21-13-17-12-19-21/h7,10,12-14H,2-6,8-9,11H2,1H3/t14-/m0/s1. The van der Waals surface area contributed by atoms with Crippen LogP contribution in [0.5, 0.6) is 0 Å². The van der Waals surface area contributed by atoms with E-state index in [0.717, 1.165) is 51.1 Å². The average Bonchev–Trinajstić information content (AvgIpc) is 3.26. The molecular formula is C16H24N6O. The van der Waals surface area contributed by atoms with Crippen LogP contribution in [0, 0.1) is 0 Å². The van der Waals surface area contributed by atoms with Gasteiger partial charge in [0.1, 0.15) is 18.5 Å². The molecule has 1 aliphatic heterocycles. The highest BCUT2D eigenvalue weighted by molar-refractivity contribution is 5.76. The number of aryl methyl sites for hydroxylation is 2. The number of hydrogen-bond acceptors (Lipinski definition) is 4. The number of amides is 1. The lowest BCUT2D eigenvalue weighted by Crippen LogP contribution is -2.40. The van der Waals surface area contributed by atoms with Crippen molar-refractivity contribution in [1.29, 1.82) is 0 Å². The zero-order valence-electron chi connectivity index (χ0n) is 13.6. The Balaban J connectivity index is 1.52. The SMILES string of the molecule is CCc1nccn1[C@H]1CCCN(C(=O)CCCn2cncn2)C1. The fourth-order valence-electron chi connectivity index (χ4n) is 3.26. The van der Waals surface area contributed by atoms with Crippen molar-refractivity contribution in [1.82, 2.24) is 29.2 Å². The van der Waals surface area contributed by atoms with E-state index >= 15 is 0 Å². The second kappa shape index (κ2) is 7.39. The van der Waals surface area contributed by atoms with E-state index in [1.54, 1.807) is 11.0 Å². The fraction of sp³-hybridized carbons (Fsp3) is 0.625. The van der Waals surface area contributed by atoms with Gasteiger partial charge >= 0.3 is 0 Å². The maximum atomic E-state index is 12.5. The molecule has 0 bridgehead atoms. The molecule has 124 valence electrons. The molecule has 0 N–H and O–H groups in total. The Labute approximate surface area is 136 Å². The minimum Gasteiger partial charge on any atom is -0.341 e. The Morgan fingerprint density at radius 3 is 3.13 bits per heavy atom. The van der Waals surface area contributed by atoms with Gasteiger partial charge in [0.2, 0.25) is 5.91 Å². The highest BCUT2D eigenvalue weighted by Crippen LogP contribution is 2.23. The number of imidazole rings is 1. The molecule has 1 aliphatic rings. The minimum absolute atomic E-state index is 0.243. The van der Waals surface area contributed by atoms with Crippen molar-refractivity contribution in [2.45, 2.75) is 51.6 Å². The third kappa shape index (κ3) is 3.78. The van der Waals surface area contributed by atoms with Gasteiger partial charge in [-0.05, 0) is 19.3 Å². The normalized spacial score (nSPS) is 18.3. The summed E-state index contributed by atoms with van der Waals surface area (Å²) < 4.78 is 4.01. The van der Waals surface area contributed by atoms with Gasteiger partial charge in [-0.1, -0.05) is 6.92 Å². The maximum absolute atomic E-state index is 12.5. The quantitative estimate of drug-likeness (QED) is 0.813. The van der Waals surface area contributed by atoms with Crippen LogP contribution in [-0.4, -0.2) is 48.2 Å². The summed E-state index contributed by atoms with van der Waals surface area (Å²) in [4.78, 5) is 22.8. The van der Waals surface area contributed by atoms with Crippen molar-refractivity contribution in [2.75, 3.05) is 13.1 Å². The number of carbonyl (C=O) groups is 1. The van der Waals surface area contributed by atoms with Crippen molar-refractivity contribution >= 4 is 5.91 Å². The van der Waals surface area contributed by atoms with Crippen LogP contribution in [0.3, 0.4) is 0 Å². The van der Waals surface area contributed by atoms with Crippen LogP contribution in [0.1, 0.15) is 44.5 Å². The first-order valence-corrected chi connectivity index (χ1v) is 8.40. The minimum atomic E-state index is 0.243. The molecule has 23 heavy (non-hydrogen) atoms. The molecule has 1 atom stereocenters. The third-order valence-corrected chi connectivity index (χ3v) is 4.45. The molecule has 0 spiro atoms.